The van der Waals surface area contributed by atoms with Crippen molar-refractivity contribution in [2.75, 3.05) is 6.54 Å². The molecular formula is C19H23N5. The minimum atomic E-state index is 0.568. The van der Waals surface area contributed by atoms with Gasteiger partial charge in [-0.25, -0.2) is 4.68 Å². The first-order valence-corrected chi connectivity index (χ1v) is 8.63. The summed E-state index contributed by atoms with van der Waals surface area (Å²) in [6, 6.07) is 8.31. The van der Waals surface area contributed by atoms with E-state index in [1.54, 1.807) is 0 Å². The Labute approximate surface area is 142 Å². The number of nitrogens with one attached hydrogen (secondary N) is 2. The second-order valence-corrected chi connectivity index (χ2v) is 6.60. The lowest BCUT2D eigenvalue weighted by Crippen LogP contribution is -2.23. The van der Waals surface area contributed by atoms with Crippen LogP contribution in [-0.4, -0.2) is 26.5 Å². The van der Waals surface area contributed by atoms with E-state index < -0.39 is 0 Å². The largest absolute Gasteiger partial charge is 0.312 e. The van der Waals surface area contributed by atoms with Gasteiger partial charge < -0.3 is 5.32 Å². The quantitative estimate of drug-likeness (QED) is 0.759. The minimum absolute atomic E-state index is 0.568. The molecular weight excluding hydrogens is 298 g/mol. The molecule has 24 heavy (non-hydrogen) atoms. The predicted molar refractivity (Wildman–Crippen MR) is 94.3 cm³/mol. The van der Waals surface area contributed by atoms with E-state index >= 15 is 0 Å². The maximum absolute atomic E-state index is 4.50. The van der Waals surface area contributed by atoms with Crippen molar-refractivity contribution in [3.8, 4) is 5.69 Å². The van der Waals surface area contributed by atoms with Crippen molar-refractivity contribution in [1.82, 2.24) is 25.3 Å². The molecule has 5 heteroatoms. The Balaban J connectivity index is 1.37. The van der Waals surface area contributed by atoms with E-state index in [9.17, 15) is 0 Å². The molecule has 0 aliphatic heterocycles. The van der Waals surface area contributed by atoms with Crippen LogP contribution >= 0.6 is 0 Å². The van der Waals surface area contributed by atoms with Crippen LogP contribution in [0.15, 0.2) is 42.9 Å². The third-order valence-corrected chi connectivity index (χ3v) is 4.89. The van der Waals surface area contributed by atoms with Gasteiger partial charge in [0.2, 0.25) is 0 Å². The van der Waals surface area contributed by atoms with Crippen LogP contribution in [0.25, 0.3) is 5.69 Å². The molecule has 0 saturated heterocycles. The van der Waals surface area contributed by atoms with Crippen molar-refractivity contribution in [3.63, 3.8) is 0 Å². The van der Waals surface area contributed by atoms with Crippen molar-refractivity contribution in [3.05, 3.63) is 65.2 Å². The molecule has 2 heterocycles. The normalized spacial score (nSPS) is 17.0. The number of aryl methyl sites for hydroxylation is 2. The maximum atomic E-state index is 4.50. The molecule has 1 unspecified atom stereocenters. The summed E-state index contributed by atoms with van der Waals surface area (Å²) in [6.45, 7) is 3.94. The Morgan fingerprint density at radius 1 is 1.29 bits per heavy atom. The van der Waals surface area contributed by atoms with Gasteiger partial charge in [0, 0.05) is 30.5 Å². The van der Waals surface area contributed by atoms with Crippen LogP contribution < -0.4 is 5.32 Å². The van der Waals surface area contributed by atoms with Gasteiger partial charge in [-0.05, 0) is 49.3 Å². The number of rotatable bonds is 5. The number of nitrogens with zero attached hydrogens (tertiary/aromatic N) is 3. The van der Waals surface area contributed by atoms with Gasteiger partial charge in [-0.15, -0.1) is 0 Å². The minimum Gasteiger partial charge on any atom is -0.312 e. The summed E-state index contributed by atoms with van der Waals surface area (Å²) in [5.41, 5.74) is 6.29. The Morgan fingerprint density at radius 2 is 2.21 bits per heavy atom. The number of H-pyrrole nitrogens is 1. The molecule has 0 amide bonds. The predicted octanol–water partition coefficient (Wildman–Crippen LogP) is 3.11. The topological polar surface area (TPSA) is 58.5 Å². The Hall–Kier alpha value is -2.40. The van der Waals surface area contributed by atoms with E-state index in [4.69, 9.17) is 0 Å². The molecule has 0 fully saturated rings. The number of benzene rings is 1. The highest BCUT2D eigenvalue weighted by molar-refractivity contribution is 5.39. The summed E-state index contributed by atoms with van der Waals surface area (Å²) in [5, 5.41) is 15.4. The zero-order valence-corrected chi connectivity index (χ0v) is 14.0. The molecule has 5 nitrogen and oxygen atoms in total. The van der Waals surface area contributed by atoms with Crippen molar-refractivity contribution in [1.29, 1.82) is 0 Å². The smallest absolute Gasteiger partial charge is 0.0674 e. The van der Waals surface area contributed by atoms with Gasteiger partial charge in [0.15, 0.2) is 0 Å². The Bertz CT molecular complexity index is 817. The van der Waals surface area contributed by atoms with E-state index in [1.165, 1.54) is 35.2 Å². The van der Waals surface area contributed by atoms with Gasteiger partial charge in [0.05, 0.1) is 18.1 Å². The second-order valence-electron chi connectivity index (χ2n) is 6.60. The Kier molecular flexibility index (Phi) is 4.17. The highest BCUT2D eigenvalue weighted by Crippen LogP contribution is 2.29. The molecule has 1 aromatic carbocycles. The standard InChI is InChI=1S/C19H23N5/c1-14-5-2-3-8-19(14)24-13-15(10-22-24)9-20-11-16-6-4-7-18-17(16)12-21-23-18/h2-3,5,8,10,12-13,16,20H,4,6-7,9,11H2,1H3,(H,21,23). The van der Waals surface area contributed by atoms with Crippen LogP contribution in [0.5, 0.6) is 0 Å². The first-order chi connectivity index (χ1) is 11.8. The van der Waals surface area contributed by atoms with E-state index in [1.807, 2.05) is 23.1 Å². The average Bonchev–Trinajstić information content (AvgIpc) is 3.25. The van der Waals surface area contributed by atoms with E-state index in [2.05, 4.69) is 51.9 Å². The van der Waals surface area contributed by atoms with Crippen molar-refractivity contribution >= 4 is 0 Å². The number of fused-ring (bicyclic) bond motifs is 1. The number of aromatic amines is 1. The monoisotopic (exact) mass is 321 g/mol. The number of aromatic nitrogens is 4. The van der Waals surface area contributed by atoms with Crippen LogP contribution in [0.2, 0.25) is 0 Å². The fourth-order valence-electron chi connectivity index (χ4n) is 3.56. The summed E-state index contributed by atoms with van der Waals surface area (Å²) < 4.78 is 1.96. The Morgan fingerprint density at radius 3 is 3.12 bits per heavy atom. The average molecular weight is 321 g/mol. The zero-order chi connectivity index (χ0) is 16.4. The van der Waals surface area contributed by atoms with E-state index in [0.717, 1.165) is 25.2 Å². The van der Waals surface area contributed by atoms with Crippen molar-refractivity contribution in [2.24, 2.45) is 0 Å². The molecule has 124 valence electrons. The van der Waals surface area contributed by atoms with E-state index in [0.29, 0.717) is 5.92 Å². The lowest BCUT2D eigenvalue weighted by Gasteiger charge is -2.22. The molecule has 1 aliphatic carbocycles. The van der Waals surface area contributed by atoms with Gasteiger partial charge >= 0.3 is 0 Å². The summed E-state index contributed by atoms with van der Waals surface area (Å²) in [6.07, 6.45) is 9.67. The number of para-hydroxylation sites is 1. The number of hydrogen-bond donors (Lipinski definition) is 2. The maximum Gasteiger partial charge on any atom is 0.0674 e. The van der Waals surface area contributed by atoms with Crippen molar-refractivity contribution in [2.45, 2.75) is 38.6 Å². The number of hydrogen-bond acceptors (Lipinski definition) is 3. The molecule has 0 saturated carbocycles. The van der Waals surface area contributed by atoms with Gasteiger partial charge in [-0.2, -0.15) is 10.2 Å². The first kappa shape index (κ1) is 15.1. The molecule has 3 aromatic rings. The molecule has 2 aromatic heterocycles. The summed E-state index contributed by atoms with van der Waals surface area (Å²) in [5.74, 6) is 0.568. The van der Waals surface area contributed by atoms with Gasteiger partial charge in [-0.3, -0.25) is 5.10 Å². The molecule has 0 spiro atoms. The van der Waals surface area contributed by atoms with Crippen LogP contribution in [-0.2, 0) is 13.0 Å². The SMILES string of the molecule is Cc1ccccc1-n1cc(CNCC2CCCc3[nH]ncc32)cn1. The van der Waals surface area contributed by atoms with Gasteiger partial charge in [-0.1, -0.05) is 18.2 Å². The lowest BCUT2D eigenvalue weighted by atomic mass is 9.87. The third-order valence-electron chi connectivity index (χ3n) is 4.89. The van der Waals surface area contributed by atoms with Crippen LogP contribution in [0.3, 0.4) is 0 Å². The summed E-state index contributed by atoms with van der Waals surface area (Å²) in [7, 11) is 0. The third kappa shape index (κ3) is 2.99. The molecule has 0 bridgehead atoms. The van der Waals surface area contributed by atoms with Gasteiger partial charge in [0.1, 0.15) is 0 Å². The molecule has 0 radical (unpaired) electrons. The molecule has 2 N–H and O–H groups in total. The molecule has 1 atom stereocenters. The molecule has 4 rings (SSSR count). The van der Waals surface area contributed by atoms with Crippen molar-refractivity contribution < 1.29 is 0 Å². The highest BCUT2D eigenvalue weighted by atomic mass is 15.3. The fraction of sp³-hybridized carbons (Fsp3) is 0.368. The van der Waals surface area contributed by atoms with E-state index in [-0.39, 0.29) is 0 Å². The van der Waals surface area contributed by atoms with Crippen LogP contribution in [0, 0.1) is 6.92 Å². The second kappa shape index (κ2) is 6.61. The van der Waals surface area contributed by atoms with Crippen LogP contribution in [0.1, 0.15) is 41.1 Å². The zero-order valence-electron chi connectivity index (χ0n) is 14.0. The highest BCUT2D eigenvalue weighted by Gasteiger charge is 2.21. The summed E-state index contributed by atoms with van der Waals surface area (Å²) >= 11 is 0. The lowest BCUT2D eigenvalue weighted by molar-refractivity contribution is 0.505. The van der Waals surface area contributed by atoms with Gasteiger partial charge in [0.25, 0.3) is 0 Å². The first-order valence-electron chi connectivity index (χ1n) is 8.63. The summed E-state index contributed by atoms with van der Waals surface area (Å²) in [4.78, 5) is 0. The fourth-order valence-corrected chi connectivity index (χ4v) is 3.56. The van der Waals surface area contributed by atoms with Crippen LogP contribution in [0.4, 0.5) is 0 Å². The molecule has 1 aliphatic rings.